The van der Waals surface area contributed by atoms with Crippen molar-refractivity contribution < 1.29 is 9.47 Å². The van der Waals surface area contributed by atoms with Crippen LogP contribution in [0.4, 0.5) is 0 Å². The predicted molar refractivity (Wildman–Crippen MR) is 92.9 cm³/mol. The van der Waals surface area contributed by atoms with Crippen LogP contribution in [-0.2, 0) is 0 Å². The van der Waals surface area contributed by atoms with Crippen molar-refractivity contribution in [3.63, 3.8) is 0 Å². The molecule has 0 spiro atoms. The van der Waals surface area contributed by atoms with Crippen LogP contribution in [0.1, 0.15) is 30.0 Å². The Morgan fingerprint density at radius 2 is 1.79 bits per heavy atom. The molecule has 1 aliphatic heterocycles. The summed E-state index contributed by atoms with van der Waals surface area (Å²) in [6, 6.07) is 20.4. The van der Waals surface area contributed by atoms with E-state index < -0.39 is 0 Å². The van der Waals surface area contributed by atoms with Gasteiger partial charge in [-0.15, -0.1) is 0 Å². The van der Waals surface area contributed by atoms with Gasteiger partial charge in [-0.2, -0.15) is 0 Å². The maximum absolute atomic E-state index is 5.53. The largest absolute Gasteiger partial charge is 0.454 e. The number of hydrogen-bond acceptors (Lipinski definition) is 2. The molecule has 1 radical (unpaired) electrons. The lowest BCUT2D eigenvalue weighted by molar-refractivity contribution is 0.174. The zero-order valence-corrected chi connectivity index (χ0v) is 13.6. The number of aryl methyl sites for hydroxylation is 1. The summed E-state index contributed by atoms with van der Waals surface area (Å²) in [6.07, 6.45) is 2.67. The standard InChI is InChI=1S/C21H18NO2/c1-14-2-10-19(17-7-5-16(6-8-17)15-3-4-15)22(14)18-9-11-20-21(12-18)24-13-23-20/h5-12,15H,3-4,13H2,1H3. The first kappa shape index (κ1) is 13.7. The lowest BCUT2D eigenvalue weighted by Gasteiger charge is -2.13. The average molecular weight is 316 g/mol. The minimum atomic E-state index is 0.297. The highest BCUT2D eigenvalue weighted by Gasteiger charge is 2.23. The Kier molecular flexibility index (Phi) is 2.96. The van der Waals surface area contributed by atoms with Crippen LogP contribution in [-0.4, -0.2) is 11.4 Å². The lowest BCUT2D eigenvalue weighted by Crippen LogP contribution is -1.99. The SMILES string of the molecule is Cc1[c]cc(-c2ccc(C3CC3)cc2)n1-c1ccc2c(c1)OCO2. The summed E-state index contributed by atoms with van der Waals surface area (Å²) in [7, 11) is 0. The van der Waals surface area contributed by atoms with Crippen molar-refractivity contribution in [2.45, 2.75) is 25.7 Å². The van der Waals surface area contributed by atoms with E-state index >= 15 is 0 Å². The van der Waals surface area contributed by atoms with Gasteiger partial charge in [-0.3, -0.25) is 0 Å². The summed E-state index contributed by atoms with van der Waals surface area (Å²) in [5.41, 5.74) is 5.96. The van der Waals surface area contributed by atoms with Gasteiger partial charge in [0, 0.05) is 23.5 Å². The van der Waals surface area contributed by atoms with Gasteiger partial charge in [0.05, 0.1) is 5.69 Å². The molecule has 0 unspecified atom stereocenters. The molecule has 119 valence electrons. The van der Waals surface area contributed by atoms with E-state index in [1.165, 1.54) is 24.0 Å². The third-order valence-electron chi connectivity index (χ3n) is 4.86. The number of fused-ring (bicyclic) bond motifs is 1. The van der Waals surface area contributed by atoms with Crippen molar-refractivity contribution in [1.29, 1.82) is 0 Å². The highest BCUT2D eigenvalue weighted by molar-refractivity contribution is 5.65. The Morgan fingerprint density at radius 1 is 1.00 bits per heavy atom. The third-order valence-corrected chi connectivity index (χ3v) is 4.86. The van der Waals surface area contributed by atoms with Gasteiger partial charge in [0.1, 0.15) is 0 Å². The summed E-state index contributed by atoms with van der Waals surface area (Å²) in [5.74, 6) is 2.39. The Hall–Kier alpha value is -2.68. The molecule has 2 heterocycles. The quantitative estimate of drug-likeness (QED) is 0.689. The fraction of sp³-hybridized carbons (Fsp3) is 0.238. The molecule has 3 nitrogen and oxygen atoms in total. The monoisotopic (exact) mass is 316 g/mol. The molecule has 1 saturated carbocycles. The zero-order valence-electron chi connectivity index (χ0n) is 13.6. The van der Waals surface area contributed by atoms with Crippen molar-refractivity contribution in [1.82, 2.24) is 4.57 Å². The van der Waals surface area contributed by atoms with E-state index in [2.05, 4.69) is 54.0 Å². The highest BCUT2D eigenvalue weighted by Crippen LogP contribution is 2.41. The fourth-order valence-corrected chi connectivity index (χ4v) is 3.39. The van der Waals surface area contributed by atoms with Gasteiger partial charge in [-0.05, 0) is 55.0 Å². The minimum Gasteiger partial charge on any atom is -0.454 e. The van der Waals surface area contributed by atoms with Crippen LogP contribution in [0.2, 0.25) is 0 Å². The Bertz CT molecular complexity index is 904. The van der Waals surface area contributed by atoms with E-state index in [0.29, 0.717) is 6.79 Å². The first-order valence-corrected chi connectivity index (χ1v) is 8.40. The van der Waals surface area contributed by atoms with Gasteiger partial charge in [0.2, 0.25) is 6.79 Å². The summed E-state index contributed by atoms with van der Waals surface area (Å²) in [5, 5.41) is 0. The van der Waals surface area contributed by atoms with Gasteiger partial charge in [-0.25, -0.2) is 0 Å². The molecule has 0 N–H and O–H groups in total. The van der Waals surface area contributed by atoms with E-state index in [0.717, 1.165) is 34.5 Å². The summed E-state index contributed by atoms with van der Waals surface area (Å²) in [6.45, 7) is 2.37. The molecule has 2 aliphatic rings. The number of aromatic nitrogens is 1. The van der Waals surface area contributed by atoms with Crippen molar-refractivity contribution in [3.05, 3.63) is 65.9 Å². The number of rotatable bonds is 3. The molecule has 3 aromatic rings. The molecular formula is C21H18NO2. The molecule has 1 aliphatic carbocycles. The minimum absolute atomic E-state index is 0.297. The molecule has 5 rings (SSSR count). The van der Waals surface area contributed by atoms with Crippen molar-refractivity contribution >= 4 is 0 Å². The third kappa shape index (κ3) is 2.20. The lowest BCUT2D eigenvalue weighted by atomic mass is 10.1. The summed E-state index contributed by atoms with van der Waals surface area (Å²) < 4.78 is 13.2. The number of hydrogen-bond donors (Lipinski definition) is 0. The first-order valence-electron chi connectivity index (χ1n) is 8.40. The number of ether oxygens (including phenoxy) is 2. The normalized spacial score (nSPS) is 15.7. The maximum atomic E-state index is 5.53. The van der Waals surface area contributed by atoms with Crippen molar-refractivity contribution in [2.75, 3.05) is 6.79 Å². The van der Waals surface area contributed by atoms with E-state index in [9.17, 15) is 0 Å². The molecule has 1 fully saturated rings. The Labute approximate surface area is 141 Å². The molecule has 0 amide bonds. The molecule has 0 atom stereocenters. The van der Waals surface area contributed by atoms with Crippen LogP contribution in [0.15, 0.2) is 48.5 Å². The van der Waals surface area contributed by atoms with E-state index in [-0.39, 0.29) is 0 Å². The molecule has 3 heteroatoms. The van der Waals surface area contributed by atoms with Crippen LogP contribution >= 0.6 is 0 Å². The molecular weight excluding hydrogens is 298 g/mol. The smallest absolute Gasteiger partial charge is 0.231 e. The van der Waals surface area contributed by atoms with Crippen molar-refractivity contribution in [2.24, 2.45) is 0 Å². The van der Waals surface area contributed by atoms with Gasteiger partial charge >= 0.3 is 0 Å². The molecule has 0 bridgehead atoms. The van der Waals surface area contributed by atoms with Crippen LogP contribution in [0.5, 0.6) is 11.5 Å². The fourth-order valence-electron chi connectivity index (χ4n) is 3.39. The van der Waals surface area contributed by atoms with E-state index in [1.807, 2.05) is 12.1 Å². The number of nitrogens with zero attached hydrogens (tertiary/aromatic N) is 1. The van der Waals surface area contributed by atoms with Crippen LogP contribution < -0.4 is 9.47 Å². The van der Waals surface area contributed by atoms with Gasteiger partial charge in [0.25, 0.3) is 0 Å². The zero-order chi connectivity index (χ0) is 16.1. The molecule has 24 heavy (non-hydrogen) atoms. The first-order chi connectivity index (χ1) is 11.8. The van der Waals surface area contributed by atoms with Crippen LogP contribution in [0, 0.1) is 13.0 Å². The van der Waals surface area contributed by atoms with Crippen LogP contribution in [0.25, 0.3) is 16.9 Å². The van der Waals surface area contributed by atoms with E-state index in [1.54, 1.807) is 0 Å². The average Bonchev–Trinajstić information content (AvgIpc) is 3.23. The van der Waals surface area contributed by atoms with Gasteiger partial charge in [0.15, 0.2) is 11.5 Å². The van der Waals surface area contributed by atoms with Gasteiger partial charge < -0.3 is 14.0 Å². The van der Waals surface area contributed by atoms with Crippen molar-refractivity contribution in [3.8, 4) is 28.4 Å². The second-order valence-electron chi connectivity index (χ2n) is 6.53. The van der Waals surface area contributed by atoms with E-state index in [4.69, 9.17) is 9.47 Å². The second-order valence-corrected chi connectivity index (χ2v) is 6.53. The predicted octanol–water partition coefficient (Wildman–Crippen LogP) is 4.86. The Morgan fingerprint density at radius 3 is 2.58 bits per heavy atom. The topological polar surface area (TPSA) is 23.4 Å². The van der Waals surface area contributed by atoms with Gasteiger partial charge in [-0.1, -0.05) is 24.3 Å². The summed E-state index contributed by atoms with van der Waals surface area (Å²) in [4.78, 5) is 0. The molecule has 2 aromatic carbocycles. The second kappa shape index (κ2) is 5.17. The highest BCUT2D eigenvalue weighted by atomic mass is 16.7. The maximum Gasteiger partial charge on any atom is 0.231 e. The van der Waals surface area contributed by atoms with Crippen LogP contribution in [0.3, 0.4) is 0 Å². The molecule has 0 saturated heterocycles. The molecule has 1 aromatic heterocycles. The Balaban J connectivity index is 1.58. The number of benzene rings is 2. The summed E-state index contributed by atoms with van der Waals surface area (Å²) >= 11 is 0.